The molecule has 21 heavy (non-hydrogen) atoms. The number of hydrogen-bond donors (Lipinski definition) is 2. The summed E-state index contributed by atoms with van der Waals surface area (Å²) in [5, 5.41) is 5.53. The molecule has 0 unspecified atom stereocenters. The average molecular weight is 282 g/mol. The highest BCUT2D eigenvalue weighted by molar-refractivity contribution is 5.94. The lowest BCUT2D eigenvalue weighted by Gasteiger charge is -2.09. The molecule has 4 heteroatoms. The van der Waals surface area contributed by atoms with Gasteiger partial charge in [0.1, 0.15) is 0 Å². The molecule has 0 saturated heterocycles. The Hall–Kier alpha value is -2.62. The molecule has 2 rings (SSSR count). The highest BCUT2D eigenvalue weighted by Crippen LogP contribution is 2.16. The molecule has 0 saturated carbocycles. The van der Waals surface area contributed by atoms with Crippen LogP contribution in [-0.2, 0) is 16.0 Å². The number of carbonyl (C=O) groups excluding carboxylic acids is 2. The monoisotopic (exact) mass is 282 g/mol. The van der Waals surface area contributed by atoms with Gasteiger partial charge in [-0.15, -0.1) is 0 Å². The Balaban J connectivity index is 2.03. The molecular formula is C17H18N2O2. The van der Waals surface area contributed by atoms with Crippen LogP contribution in [0.5, 0.6) is 0 Å². The zero-order valence-electron chi connectivity index (χ0n) is 12.1. The van der Waals surface area contributed by atoms with Gasteiger partial charge in [-0.25, -0.2) is 0 Å². The Morgan fingerprint density at radius 3 is 2.29 bits per heavy atom. The SMILES string of the molecule is CC(=O)Nc1cccc(NC(=O)Cc2ccccc2C)c1. The molecule has 0 fully saturated rings. The summed E-state index contributed by atoms with van der Waals surface area (Å²) in [5.74, 6) is -0.220. The third-order valence-corrected chi connectivity index (χ3v) is 3.08. The smallest absolute Gasteiger partial charge is 0.228 e. The number of hydrogen-bond acceptors (Lipinski definition) is 2. The van der Waals surface area contributed by atoms with Gasteiger partial charge < -0.3 is 10.6 Å². The standard InChI is InChI=1S/C17H18N2O2/c1-12-6-3-4-7-14(12)10-17(21)19-16-9-5-8-15(11-16)18-13(2)20/h3-9,11H,10H2,1-2H3,(H,18,20)(H,19,21). The molecule has 0 aliphatic rings. The minimum atomic E-state index is -0.140. The highest BCUT2D eigenvalue weighted by atomic mass is 16.2. The van der Waals surface area contributed by atoms with E-state index in [9.17, 15) is 9.59 Å². The second-order valence-corrected chi connectivity index (χ2v) is 4.91. The van der Waals surface area contributed by atoms with Crippen molar-refractivity contribution in [3.8, 4) is 0 Å². The van der Waals surface area contributed by atoms with E-state index >= 15 is 0 Å². The molecule has 0 radical (unpaired) electrons. The van der Waals surface area contributed by atoms with E-state index in [0.717, 1.165) is 11.1 Å². The van der Waals surface area contributed by atoms with Crippen LogP contribution in [-0.4, -0.2) is 11.8 Å². The summed E-state index contributed by atoms with van der Waals surface area (Å²) in [6.45, 7) is 3.43. The van der Waals surface area contributed by atoms with Crippen molar-refractivity contribution >= 4 is 23.2 Å². The van der Waals surface area contributed by atoms with Crippen molar-refractivity contribution in [2.75, 3.05) is 10.6 Å². The number of rotatable bonds is 4. The lowest BCUT2D eigenvalue weighted by Crippen LogP contribution is -2.15. The van der Waals surface area contributed by atoms with Crippen molar-refractivity contribution in [1.82, 2.24) is 0 Å². The van der Waals surface area contributed by atoms with E-state index in [1.165, 1.54) is 6.92 Å². The molecule has 0 aromatic heterocycles. The van der Waals surface area contributed by atoms with Crippen molar-refractivity contribution < 1.29 is 9.59 Å². The van der Waals surface area contributed by atoms with Crippen molar-refractivity contribution in [2.24, 2.45) is 0 Å². The second kappa shape index (κ2) is 6.70. The molecule has 0 bridgehead atoms. The van der Waals surface area contributed by atoms with E-state index in [2.05, 4.69) is 10.6 Å². The minimum absolute atomic E-state index is 0.0794. The second-order valence-electron chi connectivity index (χ2n) is 4.91. The van der Waals surface area contributed by atoms with Crippen molar-refractivity contribution in [3.63, 3.8) is 0 Å². The van der Waals surface area contributed by atoms with Gasteiger partial charge in [0.05, 0.1) is 6.42 Å². The van der Waals surface area contributed by atoms with Gasteiger partial charge in [0.15, 0.2) is 0 Å². The van der Waals surface area contributed by atoms with Crippen LogP contribution < -0.4 is 10.6 Å². The largest absolute Gasteiger partial charge is 0.326 e. The molecule has 0 spiro atoms. The summed E-state index contributed by atoms with van der Waals surface area (Å²) in [7, 11) is 0. The minimum Gasteiger partial charge on any atom is -0.326 e. The maximum Gasteiger partial charge on any atom is 0.228 e. The van der Waals surface area contributed by atoms with E-state index in [1.807, 2.05) is 31.2 Å². The molecule has 2 aromatic rings. The number of amides is 2. The Labute approximate surface area is 124 Å². The first-order chi connectivity index (χ1) is 10.0. The quantitative estimate of drug-likeness (QED) is 0.905. The first-order valence-electron chi connectivity index (χ1n) is 6.76. The lowest BCUT2D eigenvalue weighted by atomic mass is 10.1. The van der Waals surface area contributed by atoms with Gasteiger partial charge >= 0.3 is 0 Å². The van der Waals surface area contributed by atoms with Crippen molar-refractivity contribution in [1.29, 1.82) is 0 Å². The number of nitrogens with one attached hydrogen (secondary N) is 2. The fraction of sp³-hybridized carbons (Fsp3) is 0.176. The molecule has 0 atom stereocenters. The van der Waals surface area contributed by atoms with Crippen LogP contribution >= 0.6 is 0 Å². The summed E-state index contributed by atoms with van der Waals surface area (Å²) in [4.78, 5) is 23.1. The summed E-state index contributed by atoms with van der Waals surface area (Å²) in [6, 6.07) is 14.9. The molecule has 2 N–H and O–H groups in total. The molecule has 0 aliphatic carbocycles. The third-order valence-electron chi connectivity index (χ3n) is 3.08. The molecule has 2 aromatic carbocycles. The summed E-state index contributed by atoms with van der Waals surface area (Å²) in [5.41, 5.74) is 3.43. The highest BCUT2D eigenvalue weighted by Gasteiger charge is 2.06. The average Bonchev–Trinajstić information content (AvgIpc) is 2.41. The molecule has 108 valence electrons. The maximum atomic E-state index is 12.1. The number of anilines is 2. The van der Waals surface area contributed by atoms with Crippen LogP contribution in [0.25, 0.3) is 0 Å². The normalized spacial score (nSPS) is 10.0. The van der Waals surface area contributed by atoms with Gasteiger partial charge in [-0.2, -0.15) is 0 Å². The van der Waals surface area contributed by atoms with E-state index in [0.29, 0.717) is 17.8 Å². The fourth-order valence-corrected chi connectivity index (χ4v) is 2.06. The van der Waals surface area contributed by atoms with Gasteiger partial charge in [0.2, 0.25) is 11.8 Å². The van der Waals surface area contributed by atoms with Gasteiger partial charge in [0, 0.05) is 18.3 Å². The molecule has 0 heterocycles. The van der Waals surface area contributed by atoms with Crippen LogP contribution in [0, 0.1) is 6.92 Å². The van der Waals surface area contributed by atoms with Gasteiger partial charge in [0.25, 0.3) is 0 Å². The predicted octanol–water partition coefficient (Wildman–Crippen LogP) is 3.13. The van der Waals surface area contributed by atoms with Crippen LogP contribution in [0.4, 0.5) is 11.4 Å². The topological polar surface area (TPSA) is 58.2 Å². The van der Waals surface area contributed by atoms with Crippen LogP contribution in [0.3, 0.4) is 0 Å². The summed E-state index contributed by atoms with van der Waals surface area (Å²) < 4.78 is 0. The Morgan fingerprint density at radius 1 is 0.952 bits per heavy atom. The number of carbonyl (C=O) groups is 2. The third kappa shape index (κ3) is 4.45. The Kier molecular flexibility index (Phi) is 4.72. The van der Waals surface area contributed by atoms with E-state index in [-0.39, 0.29) is 11.8 Å². The zero-order chi connectivity index (χ0) is 15.2. The van der Waals surface area contributed by atoms with Crippen molar-refractivity contribution in [3.05, 3.63) is 59.7 Å². The number of benzene rings is 2. The maximum absolute atomic E-state index is 12.1. The first-order valence-corrected chi connectivity index (χ1v) is 6.76. The van der Waals surface area contributed by atoms with Crippen LogP contribution in [0.2, 0.25) is 0 Å². The molecule has 2 amide bonds. The fourth-order valence-electron chi connectivity index (χ4n) is 2.06. The van der Waals surface area contributed by atoms with Gasteiger partial charge in [-0.3, -0.25) is 9.59 Å². The first kappa shape index (κ1) is 14.8. The molecule has 0 aliphatic heterocycles. The zero-order valence-corrected chi connectivity index (χ0v) is 12.1. The Morgan fingerprint density at radius 2 is 1.62 bits per heavy atom. The van der Waals surface area contributed by atoms with E-state index in [4.69, 9.17) is 0 Å². The lowest BCUT2D eigenvalue weighted by molar-refractivity contribution is -0.116. The van der Waals surface area contributed by atoms with Crippen molar-refractivity contribution in [2.45, 2.75) is 20.3 Å². The molecule has 4 nitrogen and oxygen atoms in total. The van der Waals surface area contributed by atoms with Crippen LogP contribution in [0.15, 0.2) is 48.5 Å². The van der Waals surface area contributed by atoms with Gasteiger partial charge in [-0.1, -0.05) is 30.3 Å². The summed E-state index contributed by atoms with van der Waals surface area (Å²) >= 11 is 0. The van der Waals surface area contributed by atoms with Gasteiger partial charge in [-0.05, 0) is 36.2 Å². The summed E-state index contributed by atoms with van der Waals surface area (Å²) in [6.07, 6.45) is 0.330. The van der Waals surface area contributed by atoms with Crippen LogP contribution in [0.1, 0.15) is 18.1 Å². The Bertz CT molecular complexity index is 665. The van der Waals surface area contributed by atoms with E-state index < -0.39 is 0 Å². The number of aryl methyl sites for hydroxylation is 1. The molecular weight excluding hydrogens is 264 g/mol. The van der Waals surface area contributed by atoms with E-state index in [1.54, 1.807) is 24.3 Å². The predicted molar refractivity (Wildman–Crippen MR) is 84.3 cm³/mol.